The molecule has 29 heavy (non-hydrogen) atoms. The molecule has 1 fully saturated rings. The lowest BCUT2D eigenvalue weighted by atomic mass is 10.1. The Hall–Kier alpha value is -3.55. The zero-order valence-corrected chi connectivity index (χ0v) is 16.4. The highest BCUT2D eigenvalue weighted by atomic mass is 16.5. The lowest BCUT2D eigenvalue weighted by Gasteiger charge is -2.16. The van der Waals surface area contributed by atoms with Crippen molar-refractivity contribution in [1.82, 2.24) is 10.1 Å². The number of ether oxygens (including phenoxy) is 3. The van der Waals surface area contributed by atoms with Crippen molar-refractivity contribution in [2.24, 2.45) is 0 Å². The van der Waals surface area contributed by atoms with Gasteiger partial charge in [-0.3, -0.25) is 4.79 Å². The molecule has 8 nitrogen and oxygen atoms in total. The highest BCUT2D eigenvalue weighted by Crippen LogP contribution is 2.33. The van der Waals surface area contributed by atoms with Crippen molar-refractivity contribution in [3.05, 3.63) is 48.3 Å². The second kappa shape index (κ2) is 7.83. The Bertz CT molecular complexity index is 993. The van der Waals surface area contributed by atoms with Gasteiger partial charge in [-0.25, -0.2) is 0 Å². The van der Waals surface area contributed by atoms with Crippen LogP contribution in [0, 0.1) is 0 Å². The van der Waals surface area contributed by atoms with Crippen LogP contribution in [0.3, 0.4) is 0 Å². The van der Waals surface area contributed by atoms with Gasteiger partial charge in [-0.05, 0) is 36.4 Å². The van der Waals surface area contributed by atoms with Gasteiger partial charge in [-0.1, -0.05) is 5.16 Å². The van der Waals surface area contributed by atoms with Crippen molar-refractivity contribution in [1.29, 1.82) is 0 Å². The van der Waals surface area contributed by atoms with Gasteiger partial charge < -0.3 is 23.6 Å². The molecule has 3 aromatic rings. The summed E-state index contributed by atoms with van der Waals surface area (Å²) in [4.78, 5) is 18.8. The van der Waals surface area contributed by atoms with Gasteiger partial charge >= 0.3 is 0 Å². The molecule has 1 amide bonds. The van der Waals surface area contributed by atoms with Crippen LogP contribution >= 0.6 is 0 Å². The first-order valence-electron chi connectivity index (χ1n) is 9.12. The average molecular weight is 395 g/mol. The van der Waals surface area contributed by atoms with E-state index in [0.717, 1.165) is 11.4 Å². The van der Waals surface area contributed by atoms with Gasteiger partial charge in [0.1, 0.15) is 17.2 Å². The minimum Gasteiger partial charge on any atom is -0.497 e. The lowest BCUT2D eigenvalue weighted by Crippen LogP contribution is -2.24. The standard InChI is InChI=1S/C21H21N3O5/c1-26-16-6-4-15(5-7-16)24-12-14(10-19(24)25)20-22-21(29-23-20)13-8-17(27-2)11-18(9-13)28-3/h4-9,11,14H,10,12H2,1-3H3/t14-/m0/s1. The van der Waals surface area contributed by atoms with Crippen LogP contribution in [-0.4, -0.2) is 43.9 Å². The Morgan fingerprint density at radius 2 is 1.62 bits per heavy atom. The average Bonchev–Trinajstić information content (AvgIpc) is 3.40. The minimum absolute atomic E-state index is 0.0227. The molecule has 8 heteroatoms. The molecule has 0 radical (unpaired) electrons. The van der Waals surface area contributed by atoms with E-state index in [1.54, 1.807) is 44.4 Å². The predicted molar refractivity (Wildman–Crippen MR) is 106 cm³/mol. The maximum atomic E-state index is 12.5. The van der Waals surface area contributed by atoms with Crippen molar-refractivity contribution >= 4 is 11.6 Å². The number of hydrogen-bond acceptors (Lipinski definition) is 7. The number of aromatic nitrogens is 2. The highest BCUT2D eigenvalue weighted by Gasteiger charge is 2.34. The Labute approximate surface area is 168 Å². The number of amides is 1. The normalized spacial score (nSPS) is 16.2. The summed E-state index contributed by atoms with van der Waals surface area (Å²) in [6.07, 6.45) is 0.326. The number of rotatable bonds is 6. The first-order chi connectivity index (χ1) is 14.1. The van der Waals surface area contributed by atoms with Gasteiger partial charge in [0, 0.05) is 36.2 Å². The van der Waals surface area contributed by atoms with E-state index in [-0.39, 0.29) is 11.8 Å². The van der Waals surface area contributed by atoms with Gasteiger partial charge in [0.25, 0.3) is 5.89 Å². The Balaban J connectivity index is 1.55. The van der Waals surface area contributed by atoms with Crippen LogP contribution in [0.1, 0.15) is 18.2 Å². The molecule has 0 spiro atoms. The van der Waals surface area contributed by atoms with Crippen molar-refractivity contribution in [3.63, 3.8) is 0 Å². The second-order valence-corrected chi connectivity index (χ2v) is 6.66. The fourth-order valence-electron chi connectivity index (χ4n) is 3.34. The van der Waals surface area contributed by atoms with E-state index < -0.39 is 0 Å². The smallest absolute Gasteiger partial charge is 0.258 e. The number of anilines is 1. The molecule has 1 saturated heterocycles. The molecular weight excluding hydrogens is 374 g/mol. The molecule has 0 N–H and O–H groups in total. The fourth-order valence-corrected chi connectivity index (χ4v) is 3.34. The second-order valence-electron chi connectivity index (χ2n) is 6.66. The molecule has 0 saturated carbocycles. The maximum Gasteiger partial charge on any atom is 0.258 e. The van der Waals surface area contributed by atoms with Gasteiger partial charge in [0.2, 0.25) is 5.91 Å². The minimum atomic E-state index is -0.144. The van der Waals surface area contributed by atoms with E-state index in [1.807, 2.05) is 24.3 Å². The molecule has 0 aliphatic carbocycles. The summed E-state index contributed by atoms with van der Waals surface area (Å²) < 4.78 is 21.2. The topological polar surface area (TPSA) is 86.9 Å². The van der Waals surface area contributed by atoms with Crippen molar-refractivity contribution < 1.29 is 23.5 Å². The van der Waals surface area contributed by atoms with Crippen LogP contribution in [0.15, 0.2) is 47.0 Å². The Morgan fingerprint density at radius 3 is 2.24 bits per heavy atom. The van der Waals surface area contributed by atoms with E-state index in [4.69, 9.17) is 18.7 Å². The number of nitrogens with zero attached hydrogens (tertiary/aromatic N) is 3. The van der Waals surface area contributed by atoms with E-state index in [0.29, 0.717) is 41.7 Å². The quantitative estimate of drug-likeness (QED) is 0.633. The first-order valence-corrected chi connectivity index (χ1v) is 9.12. The highest BCUT2D eigenvalue weighted by molar-refractivity contribution is 5.96. The van der Waals surface area contributed by atoms with Crippen LogP contribution < -0.4 is 19.1 Å². The largest absolute Gasteiger partial charge is 0.497 e. The molecule has 1 aliphatic heterocycles. The summed E-state index contributed by atoms with van der Waals surface area (Å²) >= 11 is 0. The molecule has 2 heterocycles. The number of methoxy groups -OCH3 is 3. The van der Waals surface area contributed by atoms with Crippen LogP contribution in [0.25, 0.3) is 11.5 Å². The lowest BCUT2D eigenvalue weighted by molar-refractivity contribution is -0.117. The third-order valence-electron chi connectivity index (χ3n) is 4.91. The SMILES string of the molecule is COc1ccc(N2C[C@@H](c3noc(-c4cc(OC)cc(OC)c4)n3)CC2=O)cc1. The Kier molecular flexibility index (Phi) is 5.07. The molecule has 1 aliphatic rings. The molecule has 1 aromatic heterocycles. The molecule has 0 unspecified atom stereocenters. The summed E-state index contributed by atoms with van der Waals surface area (Å²) in [5.74, 6) is 2.73. The summed E-state index contributed by atoms with van der Waals surface area (Å²) in [5.41, 5.74) is 1.51. The van der Waals surface area contributed by atoms with Gasteiger partial charge in [0.15, 0.2) is 5.82 Å². The molecule has 2 aromatic carbocycles. The Morgan fingerprint density at radius 1 is 0.966 bits per heavy atom. The monoisotopic (exact) mass is 395 g/mol. The molecular formula is C21H21N3O5. The zero-order chi connectivity index (χ0) is 20.4. The van der Waals surface area contributed by atoms with E-state index in [9.17, 15) is 4.79 Å². The van der Waals surface area contributed by atoms with Gasteiger partial charge in [0.05, 0.1) is 21.3 Å². The van der Waals surface area contributed by atoms with E-state index >= 15 is 0 Å². The number of carbonyl (C=O) groups excluding carboxylic acids is 1. The fraction of sp³-hybridized carbons (Fsp3) is 0.286. The van der Waals surface area contributed by atoms with Crippen molar-refractivity contribution in [2.45, 2.75) is 12.3 Å². The van der Waals surface area contributed by atoms with Crippen molar-refractivity contribution in [3.8, 4) is 28.7 Å². The summed E-state index contributed by atoms with van der Waals surface area (Å²) in [5, 5.41) is 4.11. The van der Waals surface area contributed by atoms with Gasteiger partial charge in [-0.2, -0.15) is 4.98 Å². The number of benzene rings is 2. The first kappa shape index (κ1) is 18.8. The van der Waals surface area contributed by atoms with Crippen LogP contribution in [0.5, 0.6) is 17.2 Å². The zero-order valence-electron chi connectivity index (χ0n) is 16.4. The number of carbonyl (C=O) groups is 1. The predicted octanol–water partition coefficient (Wildman–Crippen LogP) is 3.28. The molecule has 4 rings (SSSR count). The summed E-state index contributed by atoms with van der Waals surface area (Å²) in [6.45, 7) is 0.492. The van der Waals surface area contributed by atoms with Gasteiger partial charge in [-0.15, -0.1) is 0 Å². The third-order valence-corrected chi connectivity index (χ3v) is 4.91. The van der Waals surface area contributed by atoms with E-state index in [2.05, 4.69) is 10.1 Å². The van der Waals surface area contributed by atoms with Crippen LogP contribution in [-0.2, 0) is 4.79 Å². The van der Waals surface area contributed by atoms with Crippen LogP contribution in [0.2, 0.25) is 0 Å². The summed E-state index contributed by atoms with van der Waals surface area (Å²) in [7, 11) is 4.77. The van der Waals surface area contributed by atoms with E-state index in [1.165, 1.54) is 0 Å². The van der Waals surface area contributed by atoms with Crippen molar-refractivity contribution in [2.75, 3.05) is 32.8 Å². The molecule has 1 atom stereocenters. The summed E-state index contributed by atoms with van der Waals surface area (Å²) in [6, 6.07) is 12.7. The molecule has 150 valence electrons. The third kappa shape index (κ3) is 3.73. The van der Waals surface area contributed by atoms with Crippen LogP contribution in [0.4, 0.5) is 5.69 Å². The maximum absolute atomic E-state index is 12.5. The number of hydrogen-bond donors (Lipinski definition) is 0. The molecule has 0 bridgehead atoms.